The van der Waals surface area contributed by atoms with E-state index in [4.69, 9.17) is 39.8 Å². The van der Waals surface area contributed by atoms with Crippen LogP contribution in [0.15, 0.2) is 0 Å². The molecule has 12 nitrogen and oxygen atoms in total. The fraction of sp³-hybridized carbons (Fsp3) is 0.955. The Hall–Kier alpha value is -0.439. The molecule has 0 aliphatic rings. The summed E-state index contributed by atoms with van der Waals surface area (Å²) in [6.07, 6.45) is 2.03. The number of nitrogens with zero attached hydrogens (tertiary/aromatic N) is 1. The summed E-state index contributed by atoms with van der Waals surface area (Å²) in [5.41, 5.74) is 0. The maximum absolute atomic E-state index is 13.1. The zero-order valence-electron chi connectivity index (χ0n) is 24.5. The SMILES string of the molecule is CCO[Si](CCCNC(=O)N(CCC[Si](OC)(OC)OC)CCC[Si](OC)(OC)OC)(OCC)OCC. The molecule has 0 aliphatic carbocycles. The molecule has 0 aromatic heterocycles. The van der Waals surface area contributed by atoms with E-state index < -0.39 is 26.4 Å². The zero-order valence-corrected chi connectivity index (χ0v) is 27.5. The third-order valence-corrected chi connectivity index (χ3v) is 14.8. The predicted molar refractivity (Wildman–Crippen MR) is 147 cm³/mol. The van der Waals surface area contributed by atoms with Crippen molar-refractivity contribution in [3.8, 4) is 0 Å². The Morgan fingerprint density at radius 2 is 0.946 bits per heavy atom. The first-order chi connectivity index (χ1) is 17.7. The van der Waals surface area contributed by atoms with Gasteiger partial charge in [0.05, 0.1) is 0 Å². The highest BCUT2D eigenvalue weighted by atomic mass is 28.4. The van der Waals surface area contributed by atoms with Crippen LogP contribution in [0.5, 0.6) is 0 Å². The molecule has 1 N–H and O–H groups in total. The molecule has 0 saturated heterocycles. The van der Waals surface area contributed by atoms with Crippen molar-refractivity contribution < 1.29 is 44.6 Å². The lowest BCUT2D eigenvalue weighted by Gasteiger charge is -2.29. The van der Waals surface area contributed by atoms with Crippen molar-refractivity contribution in [2.75, 3.05) is 82.1 Å². The van der Waals surface area contributed by atoms with Gasteiger partial charge in [-0.25, -0.2) is 4.79 Å². The molecule has 0 fully saturated rings. The zero-order chi connectivity index (χ0) is 28.2. The molecule has 0 bridgehead atoms. The van der Waals surface area contributed by atoms with E-state index in [-0.39, 0.29) is 6.03 Å². The normalized spacial score (nSPS) is 12.7. The van der Waals surface area contributed by atoms with Gasteiger partial charge in [0.1, 0.15) is 0 Å². The van der Waals surface area contributed by atoms with E-state index in [2.05, 4.69) is 5.32 Å². The van der Waals surface area contributed by atoms with Crippen molar-refractivity contribution >= 4 is 32.4 Å². The number of carbonyl (C=O) groups is 1. The smallest absolute Gasteiger partial charge is 0.377 e. The van der Waals surface area contributed by atoms with E-state index in [1.807, 2.05) is 20.8 Å². The Bertz CT molecular complexity index is 527. The quantitative estimate of drug-likeness (QED) is 0.133. The molecule has 0 aromatic rings. The number of urea groups is 1. The summed E-state index contributed by atoms with van der Waals surface area (Å²) < 4.78 is 50.8. The minimum Gasteiger partial charge on any atom is -0.377 e. The largest absolute Gasteiger partial charge is 0.500 e. The van der Waals surface area contributed by atoms with Gasteiger partial charge in [0, 0.05) is 100 Å². The Balaban J connectivity index is 5.14. The Morgan fingerprint density at radius 1 is 0.595 bits per heavy atom. The minimum absolute atomic E-state index is 0.143. The minimum atomic E-state index is -2.74. The number of hydrogen-bond acceptors (Lipinski definition) is 10. The molecule has 0 aliphatic heterocycles. The standard InChI is InChI=1S/C22H52N2O10Si3/c1-10-32-37(33-11-2,34-12-3)19-13-16-23-22(25)24(17-14-20-35(26-4,27-5)28-6)18-15-21-36(29-7,30-8)31-9/h10-21H2,1-9H3,(H,23,25). The van der Waals surface area contributed by atoms with E-state index in [0.29, 0.717) is 76.8 Å². The van der Waals surface area contributed by atoms with Gasteiger partial charge in [-0.3, -0.25) is 0 Å². The topological polar surface area (TPSA) is 115 Å². The summed E-state index contributed by atoms with van der Waals surface area (Å²) in [5, 5.41) is 3.04. The summed E-state index contributed by atoms with van der Waals surface area (Å²) in [4.78, 5) is 14.9. The van der Waals surface area contributed by atoms with Gasteiger partial charge in [0.15, 0.2) is 0 Å². The number of nitrogens with one attached hydrogen (secondary N) is 1. The van der Waals surface area contributed by atoms with Crippen LogP contribution in [0.2, 0.25) is 18.1 Å². The van der Waals surface area contributed by atoms with Crippen LogP contribution in [0.3, 0.4) is 0 Å². The van der Waals surface area contributed by atoms with Crippen LogP contribution >= 0.6 is 0 Å². The van der Waals surface area contributed by atoms with Crippen LogP contribution in [0, 0.1) is 0 Å². The summed E-state index contributed by atoms with van der Waals surface area (Å²) >= 11 is 0. The van der Waals surface area contributed by atoms with Gasteiger partial charge >= 0.3 is 32.4 Å². The van der Waals surface area contributed by atoms with Gasteiger partial charge in [-0.05, 0) is 40.0 Å². The van der Waals surface area contributed by atoms with Crippen LogP contribution in [-0.4, -0.2) is 119 Å². The van der Waals surface area contributed by atoms with Crippen molar-refractivity contribution in [3.63, 3.8) is 0 Å². The fourth-order valence-corrected chi connectivity index (χ4v) is 10.0. The Labute approximate surface area is 227 Å². The second kappa shape index (κ2) is 20.5. The maximum Gasteiger partial charge on any atom is 0.500 e. The van der Waals surface area contributed by atoms with Gasteiger partial charge in [-0.2, -0.15) is 0 Å². The average molecular weight is 589 g/mol. The summed E-state index contributed by atoms with van der Waals surface area (Å²) in [7, 11) is 1.34. The second-order valence-corrected chi connectivity index (χ2v) is 17.0. The molecule has 222 valence electrons. The molecule has 0 heterocycles. The highest BCUT2D eigenvalue weighted by Gasteiger charge is 2.40. The third kappa shape index (κ3) is 13.0. The van der Waals surface area contributed by atoms with Gasteiger partial charge < -0.3 is 50.1 Å². The maximum atomic E-state index is 13.1. The van der Waals surface area contributed by atoms with Crippen LogP contribution < -0.4 is 5.32 Å². The molecule has 0 rings (SSSR count). The van der Waals surface area contributed by atoms with Crippen LogP contribution in [0.4, 0.5) is 4.79 Å². The molecule has 0 spiro atoms. The van der Waals surface area contributed by atoms with E-state index >= 15 is 0 Å². The summed E-state index contributed by atoms with van der Waals surface area (Å²) in [6.45, 7) is 8.90. The molecule has 0 saturated carbocycles. The molecule has 15 heteroatoms. The number of hydrogen-bond donors (Lipinski definition) is 1. The van der Waals surface area contributed by atoms with Crippen molar-refractivity contribution in [1.82, 2.24) is 10.2 Å². The molecule has 0 unspecified atom stereocenters. The molecule has 2 amide bonds. The lowest BCUT2D eigenvalue weighted by Crippen LogP contribution is -2.47. The van der Waals surface area contributed by atoms with Crippen LogP contribution in [0.25, 0.3) is 0 Å². The molecule has 0 atom stereocenters. The highest BCUT2D eigenvalue weighted by molar-refractivity contribution is 6.61. The Kier molecular flexibility index (Phi) is 20.2. The first kappa shape index (κ1) is 36.6. The van der Waals surface area contributed by atoms with Gasteiger partial charge in [-0.1, -0.05) is 0 Å². The lowest BCUT2D eigenvalue weighted by atomic mass is 10.3. The van der Waals surface area contributed by atoms with Crippen LogP contribution in [0.1, 0.15) is 40.0 Å². The average Bonchev–Trinajstić information content (AvgIpc) is 2.91. The van der Waals surface area contributed by atoms with Gasteiger partial charge in [0.25, 0.3) is 0 Å². The monoisotopic (exact) mass is 588 g/mol. The highest BCUT2D eigenvalue weighted by Crippen LogP contribution is 2.19. The summed E-state index contributed by atoms with van der Waals surface area (Å²) in [6, 6.07) is 1.68. The second-order valence-electron chi connectivity index (χ2n) is 8.10. The van der Waals surface area contributed by atoms with Crippen LogP contribution in [-0.2, 0) is 39.8 Å². The third-order valence-electron chi connectivity index (χ3n) is 6.00. The van der Waals surface area contributed by atoms with E-state index in [9.17, 15) is 4.79 Å². The van der Waals surface area contributed by atoms with Crippen molar-refractivity contribution in [3.05, 3.63) is 0 Å². The molecular weight excluding hydrogens is 537 g/mol. The number of amides is 2. The van der Waals surface area contributed by atoms with Gasteiger partial charge in [0.2, 0.25) is 0 Å². The lowest BCUT2D eigenvalue weighted by molar-refractivity contribution is 0.0708. The predicted octanol–water partition coefficient (Wildman–Crippen LogP) is 2.97. The number of rotatable bonds is 24. The first-order valence-electron chi connectivity index (χ1n) is 13.0. The van der Waals surface area contributed by atoms with Crippen molar-refractivity contribution in [1.29, 1.82) is 0 Å². The molecule has 0 aromatic carbocycles. The Morgan fingerprint density at radius 3 is 1.27 bits per heavy atom. The summed E-state index contributed by atoms with van der Waals surface area (Å²) in [5.74, 6) is 0. The van der Waals surface area contributed by atoms with E-state index in [0.717, 1.165) is 0 Å². The molecular formula is C22H52N2O10Si3. The fourth-order valence-electron chi connectivity index (χ4n) is 4.01. The first-order valence-corrected chi connectivity index (χ1v) is 18.8. The van der Waals surface area contributed by atoms with E-state index in [1.54, 1.807) is 47.6 Å². The molecule has 0 radical (unpaired) electrons. The molecule has 37 heavy (non-hydrogen) atoms. The van der Waals surface area contributed by atoms with Gasteiger partial charge in [-0.15, -0.1) is 0 Å². The van der Waals surface area contributed by atoms with Crippen molar-refractivity contribution in [2.45, 2.75) is 58.2 Å². The van der Waals surface area contributed by atoms with E-state index in [1.165, 1.54) is 0 Å². The van der Waals surface area contributed by atoms with Crippen molar-refractivity contribution in [2.24, 2.45) is 0 Å². The number of carbonyl (C=O) groups excluding carboxylic acids is 1.